The first-order chi connectivity index (χ1) is 9.36. The Morgan fingerprint density at radius 1 is 1.40 bits per heavy atom. The molecule has 7 heteroatoms. The summed E-state index contributed by atoms with van der Waals surface area (Å²) >= 11 is 0. The van der Waals surface area contributed by atoms with Gasteiger partial charge in [0, 0.05) is 18.7 Å². The van der Waals surface area contributed by atoms with E-state index in [-0.39, 0.29) is 23.6 Å². The maximum Gasteiger partial charge on any atom is 0.240 e. The highest BCUT2D eigenvalue weighted by Gasteiger charge is 2.15. The van der Waals surface area contributed by atoms with E-state index in [1.807, 2.05) is 13.8 Å². The number of aliphatic hydroxyl groups is 1. The van der Waals surface area contributed by atoms with Crippen LogP contribution < -0.4 is 4.72 Å². The Morgan fingerprint density at radius 3 is 2.70 bits per heavy atom. The van der Waals surface area contributed by atoms with Crippen LogP contribution in [0, 0.1) is 11.7 Å². The summed E-state index contributed by atoms with van der Waals surface area (Å²) in [5.74, 6) is -0.248. The molecule has 0 saturated heterocycles. The van der Waals surface area contributed by atoms with E-state index >= 15 is 0 Å². The number of rotatable bonds is 8. The first kappa shape index (κ1) is 17.0. The molecule has 0 radical (unpaired) electrons. The highest BCUT2D eigenvalue weighted by Crippen LogP contribution is 2.14. The summed E-state index contributed by atoms with van der Waals surface area (Å²) in [5.41, 5.74) is -0.0519. The largest absolute Gasteiger partial charge is 0.392 e. The van der Waals surface area contributed by atoms with Crippen LogP contribution in [0.2, 0.25) is 0 Å². The monoisotopic (exact) mass is 305 g/mol. The molecular formula is C13H20FNO4S. The van der Waals surface area contributed by atoms with Crippen molar-refractivity contribution in [3.05, 3.63) is 29.6 Å². The topological polar surface area (TPSA) is 75.6 Å². The average Bonchev–Trinajstić information content (AvgIpc) is 2.38. The van der Waals surface area contributed by atoms with Crippen LogP contribution in [-0.2, 0) is 21.4 Å². The third-order valence-corrected chi connectivity index (χ3v) is 3.95. The normalized spacial score (nSPS) is 12.1. The molecule has 5 nitrogen and oxygen atoms in total. The molecular weight excluding hydrogens is 285 g/mol. The standard InChI is InChI=1S/C13H20FNO4S/c1-10(2)9-19-6-5-15-20(17,18)12-3-4-13(14)11(7-12)8-16/h3-4,7,10,15-16H,5-6,8-9H2,1-2H3. The van der Waals surface area contributed by atoms with Gasteiger partial charge in [-0.2, -0.15) is 0 Å². The van der Waals surface area contributed by atoms with Crippen LogP contribution in [0.5, 0.6) is 0 Å². The lowest BCUT2D eigenvalue weighted by Crippen LogP contribution is -2.28. The number of nitrogens with one attached hydrogen (secondary N) is 1. The molecule has 0 atom stereocenters. The fraction of sp³-hybridized carbons (Fsp3) is 0.538. The second kappa shape index (κ2) is 7.68. The predicted molar refractivity (Wildman–Crippen MR) is 73.2 cm³/mol. The molecule has 1 rings (SSSR count). The quantitative estimate of drug-likeness (QED) is 0.709. The van der Waals surface area contributed by atoms with E-state index in [9.17, 15) is 12.8 Å². The van der Waals surface area contributed by atoms with E-state index in [0.717, 1.165) is 18.2 Å². The minimum absolute atomic E-state index is 0.0519. The molecule has 0 bridgehead atoms. The minimum atomic E-state index is -3.72. The van der Waals surface area contributed by atoms with E-state index in [1.165, 1.54) is 0 Å². The zero-order valence-corrected chi connectivity index (χ0v) is 12.4. The lowest BCUT2D eigenvalue weighted by atomic mass is 10.2. The van der Waals surface area contributed by atoms with Gasteiger partial charge in [-0.15, -0.1) is 0 Å². The summed E-state index contributed by atoms with van der Waals surface area (Å²) in [4.78, 5) is -0.0770. The van der Waals surface area contributed by atoms with Crippen molar-refractivity contribution < 1.29 is 22.7 Å². The SMILES string of the molecule is CC(C)COCCNS(=O)(=O)c1ccc(F)c(CO)c1. The third kappa shape index (κ3) is 5.16. The Morgan fingerprint density at radius 2 is 2.10 bits per heavy atom. The van der Waals surface area contributed by atoms with Gasteiger partial charge in [-0.25, -0.2) is 17.5 Å². The Balaban J connectivity index is 2.60. The van der Waals surface area contributed by atoms with E-state index in [0.29, 0.717) is 12.5 Å². The summed E-state index contributed by atoms with van der Waals surface area (Å²) in [6.07, 6.45) is 0. The summed E-state index contributed by atoms with van der Waals surface area (Å²) in [5, 5.41) is 8.93. The predicted octanol–water partition coefficient (Wildman–Crippen LogP) is 1.27. The molecule has 0 aliphatic rings. The second-order valence-electron chi connectivity index (χ2n) is 4.78. The van der Waals surface area contributed by atoms with Crippen LogP contribution in [0.15, 0.2) is 23.1 Å². The zero-order chi connectivity index (χ0) is 15.2. The highest BCUT2D eigenvalue weighted by molar-refractivity contribution is 7.89. The fourth-order valence-corrected chi connectivity index (χ4v) is 2.55. The Kier molecular flexibility index (Phi) is 6.54. The Labute approximate surface area is 118 Å². The molecule has 0 fully saturated rings. The summed E-state index contributed by atoms with van der Waals surface area (Å²) in [6, 6.07) is 3.30. The smallest absolute Gasteiger partial charge is 0.240 e. The van der Waals surface area contributed by atoms with Gasteiger partial charge < -0.3 is 9.84 Å². The molecule has 20 heavy (non-hydrogen) atoms. The molecule has 1 aromatic carbocycles. The first-order valence-corrected chi connectivity index (χ1v) is 7.82. The van der Waals surface area contributed by atoms with Gasteiger partial charge in [0.1, 0.15) is 5.82 Å². The van der Waals surface area contributed by atoms with Gasteiger partial charge in [-0.3, -0.25) is 0 Å². The molecule has 0 saturated carbocycles. The van der Waals surface area contributed by atoms with Crippen LogP contribution in [0.3, 0.4) is 0 Å². The van der Waals surface area contributed by atoms with Crippen LogP contribution in [-0.4, -0.2) is 33.3 Å². The van der Waals surface area contributed by atoms with Crippen LogP contribution >= 0.6 is 0 Å². The van der Waals surface area contributed by atoms with Crippen molar-refractivity contribution in [3.63, 3.8) is 0 Å². The zero-order valence-electron chi connectivity index (χ0n) is 11.6. The molecule has 0 heterocycles. The highest BCUT2D eigenvalue weighted by atomic mass is 32.2. The van der Waals surface area contributed by atoms with Gasteiger partial charge in [-0.05, 0) is 24.1 Å². The number of halogens is 1. The van der Waals surface area contributed by atoms with Gasteiger partial charge >= 0.3 is 0 Å². The molecule has 0 amide bonds. The lowest BCUT2D eigenvalue weighted by Gasteiger charge is -2.10. The molecule has 0 aromatic heterocycles. The van der Waals surface area contributed by atoms with Crippen molar-refractivity contribution in [2.45, 2.75) is 25.3 Å². The lowest BCUT2D eigenvalue weighted by molar-refractivity contribution is 0.114. The number of benzene rings is 1. The van der Waals surface area contributed by atoms with Crippen molar-refractivity contribution in [1.29, 1.82) is 0 Å². The molecule has 0 aliphatic heterocycles. The maximum atomic E-state index is 13.2. The fourth-order valence-electron chi connectivity index (χ4n) is 1.49. The Hall–Kier alpha value is -1.02. The number of ether oxygens (including phenoxy) is 1. The molecule has 0 spiro atoms. The van der Waals surface area contributed by atoms with Gasteiger partial charge in [0.05, 0.1) is 18.1 Å². The van der Waals surface area contributed by atoms with Crippen LogP contribution in [0.25, 0.3) is 0 Å². The van der Waals surface area contributed by atoms with E-state index in [2.05, 4.69) is 4.72 Å². The summed E-state index contributed by atoms with van der Waals surface area (Å²) in [7, 11) is -3.72. The van der Waals surface area contributed by atoms with E-state index in [4.69, 9.17) is 9.84 Å². The third-order valence-electron chi connectivity index (χ3n) is 2.49. The van der Waals surface area contributed by atoms with E-state index in [1.54, 1.807) is 0 Å². The molecule has 114 valence electrons. The number of sulfonamides is 1. The van der Waals surface area contributed by atoms with Gasteiger partial charge in [0.15, 0.2) is 0 Å². The van der Waals surface area contributed by atoms with Gasteiger partial charge in [0.25, 0.3) is 0 Å². The maximum absolute atomic E-state index is 13.2. The number of hydrogen-bond donors (Lipinski definition) is 2. The van der Waals surface area contributed by atoms with Crippen LogP contribution in [0.1, 0.15) is 19.4 Å². The van der Waals surface area contributed by atoms with Gasteiger partial charge in [0.2, 0.25) is 10.0 Å². The Bertz CT molecular complexity index is 531. The second-order valence-corrected chi connectivity index (χ2v) is 6.54. The first-order valence-electron chi connectivity index (χ1n) is 6.33. The molecule has 1 aromatic rings. The van der Waals surface area contributed by atoms with Crippen molar-refractivity contribution in [2.75, 3.05) is 19.8 Å². The number of aliphatic hydroxyl groups excluding tert-OH is 1. The molecule has 0 unspecified atom stereocenters. The minimum Gasteiger partial charge on any atom is -0.392 e. The van der Waals surface area contributed by atoms with Crippen LogP contribution in [0.4, 0.5) is 4.39 Å². The van der Waals surface area contributed by atoms with Gasteiger partial charge in [-0.1, -0.05) is 13.8 Å². The van der Waals surface area contributed by atoms with Crippen molar-refractivity contribution in [3.8, 4) is 0 Å². The van der Waals surface area contributed by atoms with Crippen molar-refractivity contribution in [1.82, 2.24) is 4.72 Å². The molecule has 0 aliphatic carbocycles. The molecule has 2 N–H and O–H groups in total. The average molecular weight is 305 g/mol. The summed E-state index contributed by atoms with van der Waals surface area (Å²) in [6.45, 7) is 4.42. The summed E-state index contributed by atoms with van der Waals surface area (Å²) < 4.78 is 44.7. The van der Waals surface area contributed by atoms with Crippen molar-refractivity contribution >= 4 is 10.0 Å². The van der Waals surface area contributed by atoms with Crippen molar-refractivity contribution in [2.24, 2.45) is 5.92 Å². The van der Waals surface area contributed by atoms with E-state index < -0.39 is 22.4 Å². The number of hydrogen-bond acceptors (Lipinski definition) is 4.